The minimum absolute atomic E-state index is 0.522. The van der Waals surface area contributed by atoms with E-state index in [0.717, 1.165) is 11.8 Å². The molecule has 0 heterocycles. The van der Waals surface area contributed by atoms with Crippen molar-refractivity contribution in [3.63, 3.8) is 0 Å². The van der Waals surface area contributed by atoms with Crippen molar-refractivity contribution in [1.29, 1.82) is 0 Å². The predicted octanol–water partition coefficient (Wildman–Crippen LogP) is 6.16. The summed E-state index contributed by atoms with van der Waals surface area (Å²) in [4.78, 5) is 0. The molecular weight excluding hydrogens is 268 g/mol. The van der Waals surface area contributed by atoms with Gasteiger partial charge < -0.3 is 10.6 Å². The third-order valence-electron chi connectivity index (χ3n) is 4.08. The molecule has 0 amide bonds. The number of hydrogen-bond donors (Lipinski definition) is 2. The molecular formula is C20H36N2. The summed E-state index contributed by atoms with van der Waals surface area (Å²) in [6, 6.07) is 9.88. The van der Waals surface area contributed by atoms with Gasteiger partial charge >= 0.3 is 0 Å². The lowest BCUT2D eigenvalue weighted by Gasteiger charge is -2.20. The van der Waals surface area contributed by atoms with Crippen LogP contribution in [0.3, 0.4) is 0 Å². The number of benzene rings is 1. The second-order valence-electron chi connectivity index (χ2n) is 7.47. The van der Waals surface area contributed by atoms with Gasteiger partial charge in [-0.3, -0.25) is 0 Å². The highest BCUT2D eigenvalue weighted by molar-refractivity contribution is 5.54. The molecule has 0 saturated carbocycles. The van der Waals surface area contributed by atoms with Crippen LogP contribution in [0.1, 0.15) is 67.2 Å². The summed E-state index contributed by atoms with van der Waals surface area (Å²) >= 11 is 0. The second kappa shape index (κ2) is 9.76. The summed E-state index contributed by atoms with van der Waals surface area (Å²) in [6.07, 6.45) is 4.92. The molecule has 0 radical (unpaired) electrons. The molecule has 2 unspecified atom stereocenters. The SMILES string of the molecule is CCC(CCC(C)C)Nc1ccc(NC(C)CC(C)C)cc1. The number of nitrogens with one attached hydrogen (secondary N) is 2. The lowest BCUT2D eigenvalue weighted by Crippen LogP contribution is -2.19. The fourth-order valence-corrected chi connectivity index (χ4v) is 2.86. The van der Waals surface area contributed by atoms with Crippen molar-refractivity contribution in [3.8, 4) is 0 Å². The Balaban J connectivity index is 2.49. The molecule has 0 aliphatic rings. The topological polar surface area (TPSA) is 24.1 Å². The molecule has 1 rings (SSSR count). The molecule has 22 heavy (non-hydrogen) atoms. The van der Waals surface area contributed by atoms with Crippen LogP contribution in [0.15, 0.2) is 24.3 Å². The van der Waals surface area contributed by atoms with E-state index < -0.39 is 0 Å². The molecule has 2 atom stereocenters. The molecule has 0 fully saturated rings. The quantitative estimate of drug-likeness (QED) is 0.541. The Kier molecular flexibility index (Phi) is 8.37. The molecule has 0 saturated heterocycles. The highest BCUT2D eigenvalue weighted by Crippen LogP contribution is 2.19. The van der Waals surface area contributed by atoms with Crippen LogP contribution in [0.25, 0.3) is 0 Å². The molecule has 0 aliphatic heterocycles. The summed E-state index contributed by atoms with van der Waals surface area (Å²) in [5.41, 5.74) is 2.45. The van der Waals surface area contributed by atoms with Crippen LogP contribution in [0, 0.1) is 11.8 Å². The van der Waals surface area contributed by atoms with Crippen molar-refractivity contribution < 1.29 is 0 Å². The molecule has 126 valence electrons. The van der Waals surface area contributed by atoms with E-state index in [2.05, 4.69) is 76.4 Å². The van der Waals surface area contributed by atoms with Crippen molar-refractivity contribution in [1.82, 2.24) is 0 Å². The van der Waals surface area contributed by atoms with Crippen LogP contribution < -0.4 is 10.6 Å². The van der Waals surface area contributed by atoms with Crippen molar-refractivity contribution in [3.05, 3.63) is 24.3 Å². The van der Waals surface area contributed by atoms with Crippen molar-refractivity contribution >= 4 is 11.4 Å². The molecule has 0 spiro atoms. The summed E-state index contributed by atoms with van der Waals surface area (Å²) in [5, 5.41) is 7.25. The molecule has 1 aromatic rings. The Morgan fingerprint density at radius 1 is 0.773 bits per heavy atom. The summed E-state index contributed by atoms with van der Waals surface area (Å²) < 4.78 is 0. The molecule has 0 aromatic heterocycles. The van der Waals surface area contributed by atoms with Crippen LogP contribution in [0.4, 0.5) is 11.4 Å². The Hall–Kier alpha value is -1.18. The standard InChI is InChI=1S/C20H36N2/c1-7-18(9-8-15(2)3)22-20-12-10-19(11-13-20)21-17(6)14-16(4)5/h10-13,15-18,21-22H,7-9,14H2,1-6H3. The Labute approximate surface area is 138 Å². The normalized spacial score (nSPS) is 14.2. The van der Waals surface area contributed by atoms with Gasteiger partial charge in [-0.2, -0.15) is 0 Å². The lowest BCUT2D eigenvalue weighted by atomic mass is 10.0. The molecule has 0 aliphatic carbocycles. The third-order valence-corrected chi connectivity index (χ3v) is 4.08. The minimum Gasteiger partial charge on any atom is -0.383 e. The first-order valence-electron chi connectivity index (χ1n) is 9.03. The number of hydrogen-bond acceptors (Lipinski definition) is 2. The molecule has 2 N–H and O–H groups in total. The van der Waals surface area contributed by atoms with Gasteiger partial charge in [0.2, 0.25) is 0 Å². The predicted molar refractivity (Wildman–Crippen MR) is 101 cm³/mol. The van der Waals surface area contributed by atoms with Gasteiger partial charge in [-0.1, -0.05) is 34.6 Å². The number of anilines is 2. The van der Waals surface area contributed by atoms with Crippen molar-refractivity contribution in [2.45, 2.75) is 79.3 Å². The van der Waals surface area contributed by atoms with Crippen LogP contribution in [-0.2, 0) is 0 Å². The maximum Gasteiger partial charge on any atom is 0.0343 e. The monoisotopic (exact) mass is 304 g/mol. The van der Waals surface area contributed by atoms with Gasteiger partial charge in [-0.25, -0.2) is 0 Å². The smallest absolute Gasteiger partial charge is 0.0343 e. The maximum atomic E-state index is 3.67. The van der Waals surface area contributed by atoms with Crippen LogP contribution >= 0.6 is 0 Å². The second-order valence-corrected chi connectivity index (χ2v) is 7.47. The summed E-state index contributed by atoms with van der Waals surface area (Å²) in [7, 11) is 0. The average Bonchev–Trinajstić information content (AvgIpc) is 2.44. The number of rotatable bonds is 10. The molecule has 2 nitrogen and oxygen atoms in total. The van der Waals surface area contributed by atoms with Gasteiger partial charge in [0.15, 0.2) is 0 Å². The van der Waals surface area contributed by atoms with E-state index in [4.69, 9.17) is 0 Å². The van der Waals surface area contributed by atoms with Gasteiger partial charge in [0, 0.05) is 23.5 Å². The van der Waals surface area contributed by atoms with E-state index in [-0.39, 0.29) is 0 Å². The zero-order valence-corrected chi connectivity index (χ0v) is 15.4. The summed E-state index contributed by atoms with van der Waals surface area (Å²) in [6.45, 7) is 13.7. The lowest BCUT2D eigenvalue weighted by molar-refractivity contribution is 0.506. The van der Waals surface area contributed by atoms with Crippen molar-refractivity contribution in [2.24, 2.45) is 11.8 Å². The van der Waals surface area contributed by atoms with Crippen molar-refractivity contribution in [2.75, 3.05) is 10.6 Å². The third kappa shape index (κ3) is 7.72. The van der Waals surface area contributed by atoms with Gasteiger partial charge in [0.25, 0.3) is 0 Å². The van der Waals surface area contributed by atoms with Crippen LogP contribution in [0.2, 0.25) is 0 Å². The van der Waals surface area contributed by atoms with Crippen LogP contribution in [-0.4, -0.2) is 12.1 Å². The zero-order chi connectivity index (χ0) is 16.5. The van der Waals surface area contributed by atoms with Gasteiger partial charge in [0.1, 0.15) is 0 Å². The first kappa shape index (κ1) is 18.9. The first-order chi connectivity index (χ1) is 10.4. The van der Waals surface area contributed by atoms with E-state index >= 15 is 0 Å². The first-order valence-corrected chi connectivity index (χ1v) is 9.03. The zero-order valence-electron chi connectivity index (χ0n) is 15.4. The highest BCUT2D eigenvalue weighted by atomic mass is 14.9. The van der Waals surface area contributed by atoms with E-state index in [1.807, 2.05) is 0 Å². The maximum absolute atomic E-state index is 3.67. The molecule has 0 bridgehead atoms. The average molecular weight is 305 g/mol. The van der Waals surface area contributed by atoms with Gasteiger partial charge in [-0.05, 0) is 68.7 Å². The fourth-order valence-electron chi connectivity index (χ4n) is 2.86. The Morgan fingerprint density at radius 3 is 1.77 bits per heavy atom. The Bertz CT molecular complexity index is 395. The van der Waals surface area contributed by atoms with Gasteiger partial charge in [0.05, 0.1) is 0 Å². The van der Waals surface area contributed by atoms with Crippen LogP contribution in [0.5, 0.6) is 0 Å². The largest absolute Gasteiger partial charge is 0.383 e. The summed E-state index contributed by atoms with van der Waals surface area (Å²) in [5.74, 6) is 1.51. The highest BCUT2D eigenvalue weighted by Gasteiger charge is 2.08. The van der Waals surface area contributed by atoms with Gasteiger partial charge in [-0.15, -0.1) is 0 Å². The van der Waals surface area contributed by atoms with E-state index in [1.165, 1.54) is 37.1 Å². The molecule has 2 heteroatoms. The molecule has 1 aromatic carbocycles. The van der Waals surface area contributed by atoms with E-state index in [1.54, 1.807) is 0 Å². The van der Waals surface area contributed by atoms with E-state index in [0.29, 0.717) is 12.1 Å². The minimum atomic E-state index is 0.522. The Morgan fingerprint density at radius 2 is 1.32 bits per heavy atom. The fraction of sp³-hybridized carbons (Fsp3) is 0.700. The van der Waals surface area contributed by atoms with E-state index in [9.17, 15) is 0 Å².